The smallest absolute Gasteiger partial charge is 0.261 e. The maximum atomic E-state index is 12.4. The van der Waals surface area contributed by atoms with Gasteiger partial charge in [-0.1, -0.05) is 12.1 Å². The van der Waals surface area contributed by atoms with Crippen LogP contribution in [0, 0.1) is 0 Å². The summed E-state index contributed by atoms with van der Waals surface area (Å²) in [5.74, 6) is 0.405. The highest BCUT2D eigenvalue weighted by molar-refractivity contribution is 6.21. The molecule has 2 aromatic rings. The van der Waals surface area contributed by atoms with Crippen LogP contribution in [0.5, 0.6) is 0 Å². The lowest BCUT2D eigenvalue weighted by Crippen LogP contribution is -2.36. The van der Waals surface area contributed by atoms with Gasteiger partial charge in [-0.3, -0.25) is 19.6 Å². The number of hydrogen-bond donors (Lipinski definition) is 2. The Morgan fingerprint density at radius 2 is 1.80 bits per heavy atom. The number of benzene rings is 1. The van der Waals surface area contributed by atoms with Gasteiger partial charge in [0.2, 0.25) is 0 Å². The summed E-state index contributed by atoms with van der Waals surface area (Å²) >= 11 is 0. The van der Waals surface area contributed by atoms with Gasteiger partial charge in [0, 0.05) is 49.4 Å². The van der Waals surface area contributed by atoms with Crippen LogP contribution in [0.1, 0.15) is 26.3 Å². The second-order valence-electron chi connectivity index (χ2n) is 6.28. The Bertz CT molecular complexity index is 936. The Morgan fingerprint density at radius 1 is 1.04 bits per heavy atom. The number of hydrogen-bond acceptors (Lipinski definition) is 5. The van der Waals surface area contributed by atoms with E-state index in [-0.39, 0.29) is 11.8 Å². The summed E-state index contributed by atoms with van der Waals surface area (Å²) in [4.78, 5) is 28.3. The maximum absolute atomic E-state index is 12.4. The van der Waals surface area contributed by atoms with Gasteiger partial charge < -0.3 is 10.2 Å². The van der Waals surface area contributed by atoms with Crippen molar-refractivity contribution in [3.63, 3.8) is 0 Å². The van der Waals surface area contributed by atoms with E-state index in [1.54, 1.807) is 24.3 Å². The van der Waals surface area contributed by atoms with Gasteiger partial charge in [0.05, 0.1) is 11.1 Å². The molecule has 3 aliphatic rings. The van der Waals surface area contributed by atoms with E-state index in [2.05, 4.69) is 26.6 Å². The number of carbonyl (C=O) groups excluding carboxylic acids is 2. The van der Waals surface area contributed by atoms with Crippen molar-refractivity contribution in [1.82, 2.24) is 20.0 Å². The van der Waals surface area contributed by atoms with Crippen molar-refractivity contribution in [2.24, 2.45) is 0 Å². The first kappa shape index (κ1) is 14.0. The highest BCUT2D eigenvalue weighted by atomic mass is 16.2. The van der Waals surface area contributed by atoms with Crippen molar-refractivity contribution >= 4 is 23.2 Å². The number of aromatic nitrogens is 2. The quantitative estimate of drug-likeness (QED) is 0.835. The Balaban J connectivity index is 1.33. The second kappa shape index (κ2) is 5.07. The molecule has 0 radical (unpaired) electrons. The number of nitrogens with zero attached hydrogens (tertiary/aromatic N) is 3. The van der Waals surface area contributed by atoms with Crippen molar-refractivity contribution in [2.45, 2.75) is 0 Å². The molecule has 124 valence electrons. The van der Waals surface area contributed by atoms with Crippen LogP contribution in [0.3, 0.4) is 0 Å². The van der Waals surface area contributed by atoms with Gasteiger partial charge in [-0.25, -0.2) is 0 Å². The van der Waals surface area contributed by atoms with Crippen LogP contribution in [-0.2, 0) is 0 Å². The van der Waals surface area contributed by atoms with E-state index in [1.807, 2.05) is 12.4 Å². The van der Waals surface area contributed by atoms with Crippen molar-refractivity contribution in [1.29, 1.82) is 0 Å². The van der Waals surface area contributed by atoms with E-state index >= 15 is 0 Å². The van der Waals surface area contributed by atoms with Crippen molar-refractivity contribution in [3.8, 4) is 0 Å². The molecular formula is C18H15N5O2. The number of aromatic amines is 1. The third-order valence-electron chi connectivity index (χ3n) is 4.83. The first-order valence-electron chi connectivity index (χ1n) is 8.13. The molecule has 0 aliphatic carbocycles. The molecule has 7 nitrogen and oxygen atoms in total. The van der Waals surface area contributed by atoms with Crippen molar-refractivity contribution in [2.75, 3.05) is 25.0 Å². The van der Waals surface area contributed by atoms with Gasteiger partial charge in [0.15, 0.2) is 5.82 Å². The lowest BCUT2D eigenvalue weighted by atomic mass is 10.0. The summed E-state index contributed by atoms with van der Waals surface area (Å²) in [5.41, 5.74) is 4.34. The summed E-state index contributed by atoms with van der Waals surface area (Å²) in [7, 11) is 0. The minimum atomic E-state index is -0.206. The molecule has 2 N–H and O–H groups in total. The lowest BCUT2D eigenvalue weighted by molar-refractivity contribution is 0.0646. The molecule has 4 heterocycles. The third-order valence-corrected chi connectivity index (χ3v) is 4.83. The van der Waals surface area contributed by atoms with Gasteiger partial charge in [0.25, 0.3) is 11.8 Å². The van der Waals surface area contributed by atoms with E-state index in [9.17, 15) is 9.59 Å². The zero-order chi connectivity index (χ0) is 17.0. The average Bonchev–Trinajstić information content (AvgIpc) is 3.31. The van der Waals surface area contributed by atoms with Gasteiger partial charge >= 0.3 is 0 Å². The molecule has 0 bridgehead atoms. The number of amides is 2. The Labute approximate surface area is 143 Å². The monoisotopic (exact) mass is 333 g/mol. The molecule has 25 heavy (non-hydrogen) atoms. The van der Waals surface area contributed by atoms with Crippen LogP contribution in [0.15, 0.2) is 48.4 Å². The fourth-order valence-electron chi connectivity index (χ4n) is 3.56. The molecule has 1 aromatic heterocycles. The van der Waals surface area contributed by atoms with E-state index in [1.165, 1.54) is 10.5 Å². The van der Waals surface area contributed by atoms with E-state index < -0.39 is 0 Å². The summed E-state index contributed by atoms with van der Waals surface area (Å²) in [6.45, 7) is 1.71. The van der Waals surface area contributed by atoms with Crippen LogP contribution < -0.4 is 5.32 Å². The maximum Gasteiger partial charge on any atom is 0.261 e. The highest BCUT2D eigenvalue weighted by Gasteiger charge is 2.35. The number of carbonyl (C=O) groups is 2. The molecule has 0 fully saturated rings. The number of imide groups is 1. The fourth-order valence-corrected chi connectivity index (χ4v) is 3.56. The molecular weight excluding hydrogens is 318 g/mol. The molecule has 1 aromatic carbocycles. The molecule has 0 unspecified atom stereocenters. The first-order chi connectivity index (χ1) is 12.2. The van der Waals surface area contributed by atoms with Crippen LogP contribution >= 0.6 is 0 Å². The molecule has 7 heteroatoms. The molecule has 0 atom stereocenters. The zero-order valence-electron chi connectivity index (χ0n) is 13.3. The molecule has 5 rings (SSSR count). The van der Waals surface area contributed by atoms with E-state index in [4.69, 9.17) is 0 Å². The average molecular weight is 333 g/mol. The van der Waals surface area contributed by atoms with Crippen LogP contribution in [-0.4, -0.2) is 51.4 Å². The molecule has 0 saturated carbocycles. The van der Waals surface area contributed by atoms with Gasteiger partial charge in [-0.05, 0) is 17.7 Å². The summed E-state index contributed by atoms with van der Waals surface area (Å²) < 4.78 is 0. The molecule has 3 aliphatic heterocycles. The number of H-pyrrole nitrogens is 1. The summed E-state index contributed by atoms with van der Waals surface area (Å²) in [6, 6.07) is 6.98. The van der Waals surface area contributed by atoms with Gasteiger partial charge in [0.1, 0.15) is 0 Å². The largest absolute Gasteiger partial charge is 0.371 e. The van der Waals surface area contributed by atoms with Gasteiger partial charge in [-0.15, -0.1) is 0 Å². The highest BCUT2D eigenvalue weighted by Crippen LogP contribution is 2.36. The minimum Gasteiger partial charge on any atom is -0.371 e. The third kappa shape index (κ3) is 2.02. The topological polar surface area (TPSA) is 81.3 Å². The first-order valence-corrected chi connectivity index (χ1v) is 8.13. The van der Waals surface area contributed by atoms with Crippen molar-refractivity contribution < 1.29 is 9.59 Å². The van der Waals surface area contributed by atoms with Gasteiger partial charge in [-0.2, -0.15) is 5.10 Å². The SMILES string of the molecule is O=C1c2ccccc2C(=O)N1CCN1C=C2C(=CNc3n[nH]cc32)C1. The fraction of sp³-hybridized carbons (Fsp3) is 0.167. The normalized spacial score (nSPS) is 17.8. The predicted octanol–water partition coefficient (Wildman–Crippen LogP) is 1.67. The predicted molar refractivity (Wildman–Crippen MR) is 91.7 cm³/mol. The van der Waals surface area contributed by atoms with Crippen LogP contribution in [0.2, 0.25) is 0 Å². The summed E-state index contributed by atoms with van der Waals surface area (Å²) in [6.07, 6.45) is 5.89. The second-order valence-corrected chi connectivity index (χ2v) is 6.28. The lowest BCUT2D eigenvalue weighted by Gasteiger charge is -2.20. The zero-order valence-corrected chi connectivity index (χ0v) is 13.3. The van der Waals surface area contributed by atoms with E-state index in [0.29, 0.717) is 24.2 Å². The Morgan fingerprint density at radius 3 is 2.56 bits per heavy atom. The molecule has 0 spiro atoms. The van der Waals surface area contributed by atoms with Crippen molar-refractivity contribution in [3.05, 3.63) is 65.1 Å². The Hall–Kier alpha value is -3.35. The number of fused-ring (bicyclic) bond motifs is 4. The minimum absolute atomic E-state index is 0.206. The van der Waals surface area contributed by atoms with E-state index in [0.717, 1.165) is 23.5 Å². The number of rotatable bonds is 3. The Kier molecular flexibility index (Phi) is 2.85. The molecule has 0 saturated heterocycles. The number of nitrogens with one attached hydrogen (secondary N) is 2. The standard InChI is InChI=1S/C18H15N5O2/c24-17-12-3-1-2-4-13(12)18(25)23(17)6-5-22-9-11-7-19-16-14(8-20-21-16)15(11)10-22/h1-4,7-8,10H,5-6,9H2,(H2,19,20,21). The van der Waals surface area contributed by atoms with Crippen LogP contribution in [0.4, 0.5) is 5.82 Å². The summed E-state index contributed by atoms with van der Waals surface area (Å²) in [5, 5.41) is 10.2. The number of anilines is 1. The van der Waals surface area contributed by atoms with Crippen LogP contribution in [0.25, 0.3) is 5.57 Å². The molecule has 2 amide bonds.